The Morgan fingerprint density at radius 3 is 2.67 bits per heavy atom. The molecule has 4 rings (SSSR count). The van der Waals surface area contributed by atoms with Gasteiger partial charge in [0, 0.05) is 56.7 Å². The molecule has 0 radical (unpaired) electrons. The number of rotatable bonds is 4. The molecule has 1 atom stereocenters. The number of nitrogens with zero attached hydrogens (tertiary/aromatic N) is 4. The fraction of sp³-hybridized carbons (Fsp3) is 0.304. The zero-order valence-corrected chi connectivity index (χ0v) is 17.1. The molecular formula is C23H24F2N4O. The van der Waals surface area contributed by atoms with E-state index in [9.17, 15) is 13.6 Å². The third kappa shape index (κ3) is 3.92. The third-order valence-corrected chi connectivity index (χ3v) is 5.63. The van der Waals surface area contributed by atoms with Crippen LogP contribution in [0.15, 0.2) is 54.7 Å². The van der Waals surface area contributed by atoms with Crippen molar-refractivity contribution in [1.82, 2.24) is 14.7 Å². The molecule has 0 spiro atoms. The number of aromatic nitrogens is 2. The van der Waals surface area contributed by atoms with Crippen LogP contribution in [0.5, 0.6) is 0 Å². The van der Waals surface area contributed by atoms with Crippen LogP contribution in [0.1, 0.15) is 23.2 Å². The Morgan fingerprint density at radius 2 is 1.93 bits per heavy atom. The van der Waals surface area contributed by atoms with E-state index in [-0.39, 0.29) is 23.2 Å². The monoisotopic (exact) mass is 410 g/mol. The summed E-state index contributed by atoms with van der Waals surface area (Å²) in [4.78, 5) is 17.3. The van der Waals surface area contributed by atoms with Gasteiger partial charge in [0.25, 0.3) is 5.91 Å². The Bertz CT molecular complexity index is 1050. The molecular weight excluding hydrogens is 386 g/mol. The van der Waals surface area contributed by atoms with Crippen molar-refractivity contribution in [3.05, 3.63) is 71.9 Å². The topological polar surface area (TPSA) is 41.4 Å². The van der Waals surface area contributed by atoms with Gasteiger partial charge in [-0.05, 0) is 37.1 Å². The van der Waals surface area contributed by atoms with Gasteiger partial charge < -0.3 is 9.80 Å². The van der Waals surface area contributed by atoms with Crippen LogP contribution in [0.2, 0.25) is 0 Å². The van der Waals surface area contributed by atoms with Crippen LogP contribution in [0, 0.1) is 11.6 Å². The van der Waals surface area contributed by atoms with E-state index in [1.807, 2.05) is 18.2 Å². The number of para-hydroxylation sites is 1. The smallest absolute Gasteiger partial charge is 0.257 e. The van der Waals surface area contributed by atoms with Crippen molar-refractivity contribution in [2.24, 2.45) is 7.05 Å². The number of hydrogen-bond acceptors (Lipinski definition) is 3. The molecule has 1 aliphatic rings. The van der Waals surface area contributed by atoms with E-state index in [0.717, 1.165) is 37.7 Å². The molecule has 3 aromatic rings. The number of hydrogen-bond donors (Lipinski definition) is 0. The van der Waals surface area contributed by atoms with E-state index < -0.39 is 11.6 Å². The second-order valence-corrected chi connectivity index (χ2v) is 7.68. The Labute approximate surface area is 174 Å². The van der Waals surface area contributed by atoms with E-state index in [1.54, 1.807) is 25.2 Å². The van der Waals surface area contributed by atoms with Gasteiger partial charge in [-0.1, -0.05) is 18.2 Å². The summed E-state index contributed by atoms with van der Waals surface area (Å²) in [7, 11) is 3.46. The van der Waals surface area contributed by atoms with Crippen molar-refractivity contribution in [3.8, 4) is 11.3 Å². The Kier molecular flexibility index (Phi) is 5.53. The first-order valence-electron chi connectivity index (χ1n) is 10.0. The molecule has 5 nitrogen and oxygen atoms in total. The van der Waals surface area contributed by atoms with Gasteiger partial charge in [-0.3, -0.25) is 9.48 Å². The van der Waals surface area contributed by atoms with Crippen molar-refractivity contribution < 1.29 is 13.6 Å². The molecule has 0 aliphatic carbocycles. The minimum absolute atomic E-state index is 0.0255. The zero-order valence-electron chi connectivity index (χ0n) is 17.1. The van der Waals surface area contributed by atoms with Gasteiger partial charge in [-0.25, -0.2) is 8.78 Å². The first kappa shape index (κ1) is 20.1. The number of anilines is 1. The van der Waals surface area contributed by atoms with Gasteiger partial charge in [0.15, 0.2) is 0 Å². The van der Waals surface area contributed by atoms with Crippen molar-refractivity contribution >= 4 is 11.6 Å². The van der Waals surface area contributed by atoms with E-state index >= 15 is 0 Å². The minimum Gasteiger partial charge on any atom is -0.369 e. The van der Waals surface area contributed by atoms with Crippen molar-refractivity contribution in [3.63, 3.8) is 0 Å². The summed E-state index contributed by atoms with van der Waals surface area (Å²) in [6.45, 7) is 1.67. The summed E-state index contributed by atoms with van der Waals surface area (Å²) >= 11 is 0. The fourth-order valence-electron chi connectivity index (χ4n) is 4.03. The number of piperidine rings is 1. The van der Waals surface area contributed by atoms with E-state index in [4.69, 9.17) is 0 Å². The van der Waals surface area contributed by atoms with E-state index in [0.29, 0.717) is 5.56 Å². The standard InChI is InChI=1S/C23H24F2N4O/c1-27-15-20(22(26-27)19-11-10-16(24)13-21(19)25)23(30)28(2)18-9-6-12-29(14-18)17-7-4-3-5-8-17/h3-5,7-8,10-11,13,15,18H,6,9,12,14H2,1-2H3. The maximum absolute atomic E-state index is 14.4. The third-order valence-electron chi connectivity index (χ3n) is 5.63. The van der Waals surface area contributed by atoms with Crippen LogP contribution in [-0.4, -0.2) is 46.8 Å². The fourth-order valence-corrected chi connectivity index (χ4v) is 4.03. The number of likely N-dealkylation sites (N-methyl/N-ethyl adjacent to an activating group) is 1. The molecule has 2 heterocycles. The predicted molar refractivity (Wildman–Crippen MR) is 112 cm³/mol. The predicted octanol–water partition coefficient (Wildman–Crippen LogP) is 4.11. The summed E-state index contributed by atoms with van der Waals surface area (Å²) in [6.07, 6.45) is 3.46. The number of amides is 1. The van der Waals surface area contributed by atoms with Crippen LogP contribution in [0.3, 0.4) is 0 Å². The quantitative estimate of drug-likeness (QED) is 0.650. The largest absolute Gasteiger partial charge is 0.369 e. The molecule has 30 heavy (non-hydrogen) atoms. The van der Waals surface area contributed by atoms with Gasteiger partial charge in [-0.15, -0.1) is 0 Å². The van der Waals surface area contributed by atoms with Gasteiger partial charge in [0.2, 0.25) is 0 Å². The number of benzene rings is 2. The number of carbonyl (C=O) groups excluding carboxylic acids is 1. The summed E-state index contributed by atoms with van der Waals surface area (Å²) in [5.41, 5.74) is 1.78. The van der Waals surface area contributed by atoms with Gasteiger partial charge in [0.1, 0.15) is 17.3 Å². The first-order chi connectivity index (χ1) is 14.4. The van der Waals surface area contributed by atoms with Crippen molar-refractivity contribution in [2.45, 2.75) is 18.9 Å². The minimum atomic E-state index is -0.738. The van der Waals surface area contributed by atoms with Crippen molar-refractivity contribution in [2.75, 3.05) is 25.0 Å². The van der Waals surface area contributed by atoms with Gasteiger partial charge in [0.05, 0.1) is 5.56 Å². The van der Waals surface area contributed by atoms with Crippen LogP contribution >= 0.6 is 0 Å². The molecule has 1 aromatic heterocycles. The van der Waals surface area contributed by atoms with Crippen LogP contribution in [0.4, 0.5) is 14.5 Å². The SMILES string of the molecule is CN(C(=O)c1cn(C)nc1-c1ccc(F)cc1F)C1CCCN(c2ccccc2)C1. The molecule has 0 saturated carbocycles. The lowest BCUT2D eigenvalue weighted by Crippen LogP contribution is -2.48. The van der Waals surface area contributed by atoms with Gasteiger partial charge >= 0.3 is 0 Å². The number of aryl methyl sites for hydroxylation is 1. The lowest BCUT2D eigenvalue weighted by molar-refractivity contribution is 0.0718. The summed E-state index contributed by atoms with van der Waals surface area (Å²) < 4.78 is 29.2. The van der Waals surface area contributed by atoms with E-state index in [2.05, 4.69) is 22.1 Å². The highest BCUT2D eigenvalue weighted by Gasteiger charge is 2.29. The van der Waals surface area contributed by atoms with E-state index in [1.165, 1.54) is 16.8 Å². The van der Waals surface area contributed by atoms with Gasteiger partial charge in [-0.2, -0.15) is 5.10 Å². The Balaban J connectivity index is 1.59. The van der Waals surface area contributed by atoms with Crippen molar-refractivity contribution in [1.29, 1.82) is 0 Å². The first-order valence-corrected chi connectivity index (χ1v) is 10.0. The molecule has 1 fully saturated rings. The highest BCUT2D eigenvalue weighted by atomic mass is 19.1. The van der Waals surface area contributed by atoms with Crippen LogP contribution in [-0.2, 0) is 7.05 Å². The average molecular weight is 410 g/mol. The summed E-state index contributed by atoms with van der Waals surface area (Å²) in [5.74, 6) is -1.62. The number of carbonyl (C=O) groups is 1. The molecule has 1 unspecified atom stereocenters. The lowest BCUT2D eigenvalue weighted by Gasteiger charge is -2.38. The second kappa shape index (κ2) is 8.26. The second-order valence-electron chi connectivity index (χ2n) is 7.68. The molecule has 1 aliphatic heterocycles. The normalized spacial score (nSPS) is 16.5. The lowest BCUT2D eigenvalue weighted by atomic mass is 10.0. The molecule has 7 heteroatoms. The summed E-state index contributed by atoms with van der Waals surface area (Å²) in [5, 5.41) is 4.28. The average Bonchev–Trinajstić information content (AvgIpc) is 3.14. The maximum atomic E-state index is 14.4. The highest BCUT2D eigenvalue weighted by molar-refractivity contribution is 6.00. The molecule has 1 saturated heterocycles. The molecule has 0 bridgehead atoms. The molecule has 2 aromatic carbocycles. The number of halogens is 2. The Morgan fingerprint density at radius 1 is 1.17 bits per heavy atom. The molecule has 0 N–H and O–H groups in total. The molecule has 1 amide bonds. The van der Waals surface area contributed by atoms with Crippen LogP contribution in [0.25, 0.3) is 11.3 Å². The highest BCUT2D eigenvalue weighted by Crippen LogP contribution is 2.28. The maximum Gasteiger partial charge on any atom is 0.257 e. The zero-order chi connectivity index (χ0) is 21.3. The summed E-state index contributed by atoms with van der Waals surface area (Å²) in [6, 6.07) is 13.5. The van der Waals surface area contributed by atoms with Crippen LogP contribution < -0.4 is 4.90 Å². The molecule has 156 valence electrons. The Hall–Kier alpha value is -3.22.